The maximum absolute atomic E-state index is 11.1. The van der Waals surface area contributed by atoms with Crippen LogP contribution in [0.5, 0.6) is 5.75 Å². The Balaban J connectivity index is 2.75. The summed E-state index contributed by atoms with van der Waals surface area (Å²) in [5.74, 6) is -0.312. The van der Waals surface area contributed by atoms with Crippen molar-refractivity contribution in [2.24, 2.45) is 0 Å². The highest BCUT2D eigenvalue weighted by Crippen LogP contribution is 2.21. The normalized spacial score (nSPS) is 9.86. The fourth-order valence-electron chi connectivity index (χ4n) is 1.06. The number of phenols is 1. The summed E-state index contributed by atoms with van der Waals surface area (Å²) in [5, 5.41) is 9.87. The summed E-state index contributed by atoms with van der Waals surface area (Å²) in [6.45, 7) is 2.07. The number of rotatable bonds is 3. The van der Waals surface area contributed by atoms with E-state index in [1.54, 1.807) is 19.1 Å². The van der Waals surface area contributed by atoms with Gasteiger partial charge in [-0.3, -0.25) is 4.79 Å². The van der Waals surface area contributed by atoms with E-state index in [0.29, 0.717) is 17.2 Å². The highest BCUT2D eigenvalue weighted by Gasteiger charge is 2.08. The lowest BCUT2D eigenvalue weighted by molar-refractivity contribution is -0.142. The molecule has 0 saturated heterocycles. The van der Waals surface area contributed by atoms with E-state index < -0.39 is 0 Å². The fourth-order valence-corrected chi connectivity index (χ4v) is 1.26. The van der Waals surface area contributed by atoms with Crippen molar-refractivity contribution in [1.82, 2.24) is 0 Å². The largest absolute Gasteiger partial charge is 0.508 e. The molecular weight excluding hydrogens is 204 g/mol. The smallest absolute Gasteiger partial charge is 0.310 e. The van der Waals surface area contributed by atoms with Gasteiger partial charge in [0, 0.05) is 10.6 Å². The number of carbonyl (C=O) groups is 1. The highest BCUT2D eigenvalue weighted by atomic mass is 35.5. The van der Waals surface area contributed by atoms with Gasteiger partial charge in [-0.1, -0.05) is 11.6 Å². The zero-order chi connectivity index (χ0) is 10.6. The maximum atomic E-state index is 11.1. The Morgan fingerprint density at radius 1 is 1.57 bits per heavy atom. The summed E-state index contributed by atoms with van der Waals surface area (Å²) in [6, 6.07) is 4.57. The molecule has 0 spiro atoms. The summed E-state index contributed by atoms with van der Waals surface area (Å²) < 4.78 is 4.75. The van der Waals surface area contributed by atoms with Crippen LogP contribution in [0.2, 0.25) is 5.02 Å². The first-order valence-electron chi connectivity index (χ1n) is 4.26. The fraction of sp³-hybridized carbons (Fsp3) is 0.300. The van der Waals surface area contributed by atoms with E-state index in [2.05, 4.69) is 0 Å². The molecule has 0 amide bonds. The molecule has 3 nitrogen and oxygen atoms in total. The van der Waals surface area contributed by atoms with Gasteiger partial charge in [0.15, 0.2) is 0 Å². The van der Waals surface area contributed by atoms with Crippen LogP contribution in [0.3, 0.4) is 0 Å². The molecule has 0 aliphatic heterocycles. The van der Waals surface area contributed by atoms with Gasteiger partial charge in [-0.15, -0.1) is 0 Å². The van der Waals surface area contributed by atoms with Crippen LogP contribution >= 0.6 is 11.6 Å². The standard InChI is InChI=1S/C10H11ClO3/c1-2-14-10(13)6-7-5-8(11)3-4-9(7)12/h3-5,12H,2,6H2,1H3. The van der Waals surface area contributed by atoms with Gasteiger partial charge in [0.25, 0.3) is 0 Å². The molecule has 1 aromatic carbocycles. The molecule has 0 saturated carbocycles. The van der Waals surface area contributed by atoms with Crippen molar-refractivity contribution in [2.45, 2.75) is 13.3 Å². The minimum Gasteiger partial charge on any atom is -0.508 e. The van der Waals surface area contributed by atoms with E-state index in [9.17, 15) is 9.90 Å². The van der Waals surface area contributed by atoms with Crippen molar-refractivity contribution in [3.05, 3.63) is 28.8 Å². The number of ether oxygens (including phenoxy) is 1. The predicted molar refractivity (Wildman–Crippen MR) is 53.5 cm³/mol. The van der Waals surface area contributed by atoms with Crippen LogP contribution in [0.1, 0.15) is 12.5 Å². The Kier molecular flexibility index (Phi) is 3.77. The molecule has 0 aliphatic carbocycles. The molecule has 0 aliphatic rings. The Morgan fingerprint density at radius 3 is 2.93 bits per heavy atom. The lowest BCUT2D eigenvalue weighted by atomic mass is 10.1. The van der Waals surface area contributed by atoms with E-state index in [0.717, 1.165) is 0 Å². The third kappa shape index (κ3) is 2.92. The number of aromatic hydroxyl groups is 1. The van der Waals surface area contributed by atoms with Crippen LogP contribution in [-0.4, -0.2) is 17.7 Å². The van der Waals surface area contributed by atoms with E-state index in [4.69, 9.17) is 16.3 Å². The van der Waals surface area contributed by atoms with E-state index >= 15 is 0 Å². The third-order valence-electron chi connectivity index (χ3n) is 1.68. The van der Waals surface area contributed by atoms with E-state index in [-0.39, 0.29) is 18.1 Å². The average molecular weight is 215 g/mol. The van der Waals surface area contributed by atoms with Crippen LogP contribution < -0.4 is 0 Å². The highest BCUT2D eigenvalue weighted by molar-refractivity contribution is 6.30. The molecule has 1 aromatic rings. The quantitative estimate of drug-likeness (QED) is 0.785. The second-order valence-electron chi connectivity index (χ2n) is 2.75. The van der Waals surface area contributed by atoms with Gasteiger partial charge < -0.3 is 9.84 Å². The van der Waals surface area contributed by atoms with Crippen molar-refractivity contribution in [1.29, 1.82) is 0 Å². The van der Waals surface area contributed by atoms with E-state index in [1.807, 2.05) is 0 Å². The van der Waals surface area contributed by atoms with Gasteiger partial charge in [-0.2, -0.15) is 0 Å². The first-order valence-corrected chi connectivity index (χ1v) is 4.64. The minimum atomic E-state index is -0.370. The second-order valence-corrected chi connectivity index (χ2v) is 3.19. The van der Waals surface area contributed by atoms with Gasteiger partial charge >= 0.3 is 5.97 Å². The van der Waals surface area contributed by atoms with Crippen molar-refractivity contribution in [3.63, 3.8) is 0 Å². The zero-order valence-corrected chi connectivity index (χ0v) is 8.54. The topological polar surface area (TPSA) is 46.5 Å². The molecule has 4 heteroatoms. The van der Waals surface area contributed by atoms with Crippen LogP contribution in [0.25, 0.3) is 0 Å². The van der Waals surface area contributed by atoms with Gasteiger partial charge in [-0.25, -0.2) is 0 Å². The van der Waals surface area contributed by atoms with Gasteiger partial charge in [0.1, 0.15) is 5.75 Å². The molecule has 1 rings (SSSR count). The summed E-state index contributed by atoms with van der Waals surface area (Å²) in [4.78, 5) is 11.1. The SMILES string of the molecule is CCOC(=O)Cc1cc(Cl)ccc1O. The Labute approximate surface area is 87.3 Å². The second kappa shape index (κ2) is 4.86. The van der Waals surface area contributed by atoms with Crippen molar-refractivity contribution >= 4 is 17.6 Å². The number of hydrogen-bond acceptors (Lipinski definition) is 3. The number of esters is 1. The summed E-state index contributed by atoms with van der Waals surface area (Å²) in [7, 11) is 0. The first kappa shape index (κ1) is 10.9. The molecule has 14 heavy (non-hydrogen) atoms. The lowest BCUT2D eigenvalue weighted by Crippen LogP contribution is -2.07. The van der Waals surface area contributed by atoms with Crippen molar-refractivity contribution in [3.8, 4) is 5.75 Å². The summed E-state index contributed by atoms with van der Waals surface area (Å²) in [6.07, 6.45) is 0.0419. The van der Waals surface area contributed by atoms with Crippen LogP contribution in [0.4, 0.5) is 0 Å². The molecule has 0 heterocycles. The number of halogens is 1. The maximum Gasteiger partial charge on any atom is 0.310 e. The Bertz CT molecular complexity index is 336. The molecular formula is C10H11ClO3. The van der Waals surface area contributed by atoms with Gasteiger partial charge in [-0.05, 0) is 25.1 Å². The Morgan fingerprint density at radius 2 is 2.29 bits per heavy atom. The zero-order valence-electron chi connectivity index (χ0n) is 7.79. The average Bonchev–Trinajstić information content (AvgIpc) is 2.12. The van der Waals surface area contributed by atoms with Crippen LogP contribution in [-0.2, 0) is 16.0 Å². The molecule has 0 fully saturated rings. The summed E-state index contributed by atoms with van der Waals surface area (Å²) in [5.41, 5.74) is 0.482. The number of hydrogen-bond donors (Lipinski definition) is 1. The summed E-state index contributed by atoms with van der Waals surface area (Å²) >= 11 is 5.71. The van der Waals surface area contributed by atoms with Gasteiger partial charge in [0.2, 0.25) is 0 Å². The van der Waals surface area contributed by atoms with Crippen LogP contribution in [0.15, 0.2) is 18.2 Å². The third-order valence-corrected chi connectivity index (χ3v) is 1.92. The molecule has 76 valence electrons. The first-order chi connectivity index (χ1) is 6.63. The van der Waals surface area contributed by atoms with Gasteiger partial charge in [0.05, 0.1) is 13.0 Å². The molecule has 0 radical (unpaired) electrons. The molecule has 0 atom stereocenters. The number of benzene rings is 1. The monoisotopic (exact) mass is 214 g/mol. The molecule has 0 unspecified atom stereocenters. The minimum absolute atomic E-state index is 0.0419. The number of carbonyl (C=O) groups excluding carboxylic acids is 1. The Hall–Kier alpha value is -1.22. The van der Waals surface area contributed by atoms with Crippen molar-refractivity contribution < 1.29 is 14.6 Å². The van der Waals surface area contributed by atoms with Crippen molar-refractivity contribution in [2.75, 3.05) is 6.61 Å². The molecule has 0 bridgehead atoms. The predicted octanol–water partition coefficient (Wildman–Crippen LogP) is 2.15. The molecule has 0 aromatic heterocycles. The number of phenolic OH excluding ortho intramolecular Hbond substituents is 1. The lowest BCUT2D eigenvalue weighted by Gasteiger charge is -2.04. The van der Waals surface area contributed by atoms with Crippen LogP contribution in [0, 0.1) is 0 Å². The molecule has 1 N–H and O–H groups in total. The van der Waals surface area contributed by atoms with E-state index in [1.165, 1.54) is 6.07 Å².